The first-order chi connectivity index (χ1) is 9.27. The maximum absolute atomic E-state index is 13.1. The van der Waals surface area contributed by atoms with Crippen LogP contribution in [0.5, 0.6) is 0 Å². The van der Waals surface area contributed by atoms with E-state index in [2.05, 4.69) is 4.72 Å². The number of sulfonamides is 1. The van der Waals surface area contributed by atoms with E-state index in [-0.39, 0.29) is 29.5 Å². The van der Waals surface area contributed by atoms with E-state index in [1.807, 2.05) is 0 Å². The van der Waals surface area contributed by atoms with Crippen LogP contribution in [0.4, 0.5) is 4.39 Å². The lowest BCUT2D eigenvalue weighted by Gasteiger charge is -2.32. The lowest BCUT2D eigenvalue weighted by molar-refractivity contribution is -0.145. The molecular weight excluding hydrogens is 309 g/mol. The summed E-state index contributed by atoms with van der Waals surface area (Å²) in [7, 11) is -3.68. The van der Waals surface area contributed by atoms with Crippen molar-refractivity contribution >= 4 is 27.6 Å². The lowest BCUT2D eigenvalue weighted by Crippen LogP contribution is -2.46. The third-order valence-corrected chi connectivity index (χ3v) is 4.94. The van der Waals surface area contributed by atoms with Crippen LogP contribution in [-0.4, -0.2) is 25.5 Å². The molecule has 0 saturated heterocycles. The number of carboxylic acid groups (broad SMARTS) is 1. The van der Waals surface area contributed by atoms with Crippen molar-refractivity contribution in [3.05, 3.63) is 34.6 Å². The Morgan fingerprint density at radius 1 is 1.45 bits per heavy atom. The number of rotatable bonds is 5. The second-order valence-electron chi connectivity index (χ2n) is 4.82. The van der Waals surface area contributed by atoms with Crippen molar-refractivity contribution in [2.45, 2.75) is 24.6 Å². The molecule has 1 fully saturated rings. The fraction of sp³-hybridized carbons (Fsp3) is 0.417. The molecule has 1 aromatic rings. The van der Waals surface area contributed by atoms with Gasteiger partial charge < -0.3 is 5.11 Å². The summed E-state index contributed by atoms with van der Waals surface area (Å²) in [5.74, 6) is -2.42. The van der Waals surface area contributed by atoms with E-state index in [1.165, 1.54) is 6.07 Å². The molecule has 0 amide bonds. The van der Waals surface area contributed by atoms with Crippen molar-refractivity contribution < 1.29 is 22.7 Å². The SMILES string of the molecule is O=C(O)C1CC(NS(=O)(=O)Cc2cc(F)ccc2Cl)C1. The number of hydrogen-bond donors (Lipinski definition) is 2. The van der Waals surface area contributed by atoms with E-state index in [1.54, 1.807) is 0 Å². The largest absolute Gasteiger partial charge is 0.481 e. The minimum absolute atomic E-state index is 0.174. The Hall–Kier alpha value is -1.18. The average Bonchev–Trinajstić information content (AvgIpc) is 2.27. The van der Waals surface area contributed by atoms with Crippen molar-refractivity contribution in [2.24, 2.45) is 5.92 Å². The average molecular weight is 322 g/mol. The van der Waals surface area contributed by atoms with Gasteiger partial charge in [0.15, 0.2) is 0 Å². The monoisotopic (exact) mass is 321 g/mol. The number of hydrogen-bond acceptors (Lipinski definition) is 3. The third-order valence-electron chi connectivity index (χ3n) is 3.19. The number of carbonyl (C=O) groups is 1. The Morgan fingerprint density at radius 3 is 2.70 bits per heavy atom. The summed E-state index contributed by atoms with van der Waals surface area (Å²) in [6.45, 7) is 0. The Balaban J connectivity index is 1.98. The summed E-state index contributed by atoms with van der Waals surface area (Å²) in [6, 6.07) is 3.14. The first-order valence-corrected chi connectivity index (χ1v) is 7.96. The van der Waals surface area contributed by atoms with Gasteiger partial charge in [0.1, 0.15) is 5.82 Å². The molecule has 0 bridgehead atoms. The van der Waals surface area contributed by atoms with Gasteiger partial charge >= 0.3 is 5.97 Å². The van der Waals surface area contributed by atoms with E-state index in [0.29, 0.717) is 0 Å². The minimum Gasteiger partial charge on any atom is -0.481 e. The van der Waals surface area contributed by atoms with Crippen molar-refractivity contribution in [3.8, 4) is 0 Å². The Labute approximate surface area is 120 Å². The van der Waals surface area contributed by atoms with Crippen LogP contribution < -0.4 is 4.72 Å². The van der Waals surface area contributed by atoms with Crippen LogP contribution in [0.3, 0.4) is 0 Å². The number of benzene rings is 1. The van der Waals surface area contributed by atoms with Gasteiger partial charge in [0.2, 0.25) is 10.0 Å². The van der Waals surface area contributed by atoms with E-state index in [4.69, 9.17) is 16.7 Å². The topological polar surface area (TPSA) is 83.5 Å². The molecule has 0 aromatic heterocycles. The van der Waals surface area contributed by atoms with Crippen molar-refractivity contribution in [2.75, 3.05) is 0 Å². The highest BCUT2D eigenvalue weighted by Crippen LogP contribution is 2.28. The highest BCUT2D eigenvalue weighted by Gasteiger charge is 2.36. The van der Waals surface area contributed by atoms with Gasteiger partial charge in [-0.1, -0.05) is 11.6 Å². The Kier molecular flexibility index (Phi) is 4.31. The first-order valence-electron chi connectivity index (χ1n) is 5.93. The molecule has 0 unspecified atom stereocenters. The molecule has 1 aromatic carbocycles. The van der Waals surface area contributed by atoms with E-state index in [9.17, 15) is 17.6 Å². The fourth-order valence-corrected chi connectivity index (χ4v) is 3.77. The van der Waals surface area contributed by atoms with Gasteiger partial charge in [-0.25, -0.2) is 17.5 Å². The molecule has 2 N–H and O–H groups in total. The smallest absolute Gasteiger partial charge is 0.306 e. The van der Waals surface area contributed by atoms with Crippen LogP contribution in [-0.2, 0) is 20.6 Å². The molecule has 8 heteroatoms. The number of aliphatic carboxylic acids is 1. The maximum atomic E-state index is 13.1. The summed E-state index contributed by atoms with van der Waals surface area (Å²) in [6.07, 6.45) is 0.539. The van der Waals surface area contributed by atoms with Gasteiger partial charge in [-0.2, -0.15) is 0 Å². The van der Waals surface area contributed by atoms with Crippen molar-refractivity contribution in [1.82, 2.24) is 4.72 Å². The molecule has 1 aliphatic rings. The quantitative estimate of drug-likeness (QED) is 0.865. The summed E-state index contributed by atoms with van der Waals surface area (Å²) in [4.78, 5) is 10.6. The lowest BCUT2D eigenvalue weighted by atomic mass is 9.81. The zero-order valence-corrected chi connectivity index (χ0v) is 11.9. The summed E-state index contributed by atoms with van der Waals surface area (Å²) >= 11 is 5.81. The molecule has 1 aliphatic carbocycles. The maximum Gasteiger partial charge on any atom is 0.306 e. The molecular formula is C12H13ClFNO4S. The molecule has 20 heavy (non-hydrogen) atoms. The Morgan fingerprint density at radius 2 is 2.10 bits per heavy atom. The normalized spacial score (nSPS) is 22.3. The summed E-state index contributed by atoms with van der Waals surface area (Å²) < 4.78 is 39.3. The van der Waals surface area contributed by atoms with Crippen molar-refractivity contribution in [1.29, 1.82) is 0 Å². The zero-order valence-electron chi connectivity index (χ0n) is 10.3. The standard InChI is InChI=1S/C12H13ClFNO4S/c13-11-2-1-9(14)3-8(11)6-20(18,19)15-10-4-7(5-10)12(16)17/h1-3,7,10,15H,4-6H2,(H,16,17). The van der Waals surface area contributed by atoms with E-state index in [0.717, 1.165) is 12.1 Å². The molecule has 2 rings (SSSR count). The highest BCUT2D eigenvalue weighted by molar-refractivity contribution is 7.88. The van der Waals surface area contributed by atoms with Gasteiger partial charge in [-0.05, 0) is 36.6 Å². The Bertz CT molecular complexity index is 628. The number of halogens is 2. The predicted octanol–water partition coefficient (Wildman–Crippen LogP) is 1.76. The van der Waals surface area contributed by atoms with Crippen molar-refractivity contribution in [3.63, 3.8) is 0 Å². The van der Waals surface area contributed by atoms with E-state index >= 15 is 0 Å². The molecule has 0 aliphatic heterocycles. The van der Waals surface area contributed by atoms with Crippen LogP contribution in [0, 0.1) is 11.7 Å². The van der Waals surface area contributed by atoms with Crippen LogP contribution in [0.1, 0.15) is 18.4 Å². The summed E-state index contributed by atoms with van der Waals surface area (Å²) in [5.41, 5.74) is 0.174. The molecule has 0 heterocycles. The van der Waals surface area contributed by atoms with E-state index < -0.39 is 33.5 Å². The second-order valence-corrected chi connectivity index (χ2v) is 6.98. The van der Waals surface area contributed by atoms with Gasteiger partial charge in [0, 0.05) is 11.1 Å². The predicted molar refractivity (Wildman–Crippen MR) is 71.3 cm³/mol. The number of carboxylic acids is 1. The molecule has 110 valence electrons. The molecule has 1 saturated carbocycles. The summed E-state index contributed by atoms with van der Waals surface area (Å²) in [5, 5.41) is 8.89. The van der Waals surface area contributed by atoms with Crippen LogP contribution >= 0.6 is 11.6 Å². The zero-order chi connectivity index (χ0) is 14.9. The van der Waals surface area contributed by atoms with Crippen LogP contribution in [0.15, 0.2) is 18.2 Å². The molecule has 0 radical (unpaired) electrons. The van der Waals surface area contributed by atoms with Gasteiger partial charge in [0.05, 0.1) is 11.7 Å². The second kappa shape index (κ2) is 5.67. The third kappa shape index (κ3) is 3.68. The highest BCUT2D eigenvalue weighted by atomic mass is 35.5. The minimum atomic E-state index is -3.68. The van der Waals surface area contributed by atoms with Crippen LogP contribution in [0.25, 0.3) is 0 Å². The molecule has 5 nitrogen and oxygen atoms in total. The van der Waals surface area contributed by atoms with Gasteiger partial charge in [0.25, 0.3) is 0 Å². The van der Waals surface area contributed by atoms with Crippen LogP contribution in [0.2, 0.25) is 5.02 Å². The molecule has 0 atom stereocenters. The first kappa shape index (κ1) is 15.2. The van der Waals surface area contributed by atoms with Gasteiger partial charge in [-0.3, -0.25) is 4.79 Å². The fourth-order valence-electron chi connectivity index (χ4n) is 2.07. The molecule has 0 spiro atoms. The number of nitrogens with one attached hydrogen (secondary N) is 1. The van der Waals surface area contributed by atoms with Gasteiger partial charge in [-0.15, -0.1) is 0 Å².